The van der Waals surface area contributed by atoms with Gasteiger partial charge >= 0.3 is 0 Å². The van der Waals surface area contributed by atoms with Crippen LogP contribution in [0, 0.1) is 16.5 Å². The lowest BCUT2D eigenvalue weighted by Crippen LogP contribution is -2.16. The number of hydrogen-bond acceptors (Lipinski definition) is 2. The summed E-state index contributed by atoms with van der Waals surface area (Å²) in [7, 11) is -3.98. The summed E-state index contributed by atoms with van der Waals surface area (Å²) in [4.78, 5) is -0.379. The summed E-state index contributed by atoms with van der Waals surface area (Å²) in [6.07, 6.45) is 0. The van der Waals surface area contributed by atoms with Crippen LogP contribution in [-0.2, 0) is 10.0 Å². The Balaban J connectivity index is 2.47. The standard InChI is InChI=1S/C12H6BrFI3NO2S/c13-6-1-2-11(8(14)3-6)21(19,20)18-12-9(16)4-7(15)5-10(12)17/h1-5,18H. The molecule has 0 unspecified atom stereocenters. The molecule has 0 amide bonds. The van der Waals surface area contributed by atoms with Gasteiger partial charge in [0.15, 0.2) is 0 Å². The van der Waals surface area contributed by atoms with Crippen LogP contribution in [0.1, 0.15) is 0 Å². The number of halogens is 5. The quantitative estimate of drug-likeness (QED) is 0.446. The van der Waals surface area contributed by atoms with E-state index in [0.29, 0.717) is 10.2 Å². The van der Waals surface area contributed by atoms with E-state index < -0.39 is 15.8 Å². The smallest absolute Gasteiger partial charge is 0.264 e. The number of benzene rings is 2. The molecule has 0 spiro atoms. The van der Waals surface area contributed by atoms with Gasteiger partial charge in [0.05, 0.1) is 5.69 Å². The third-order valence-corrected chi connectivity index (χ3v) is 6.63. The highest BCUT2D eigenvalue weighted by atomic mass is 127. The van der Waals surface area contributed by atoms with Crippen LogP contribution in [0.3, 0.4) is 0 Å². The lowest BCUT2D eigenvalue weighted by Gasteiger charge is -2.13. The van der Waals surface area contributed by atoms with Crippen LogP contribution in [0.5, 0.6) is 0 Å². The Morgan fingerprint density at radius 1 is 1.05 bits per heavy atom. The summed E-state index contributed by atoms with van der Waals surface area (Å²) < 4.78 is 44.0. The monoisotopic (exact) mass is 707 g/mol. The summed E-state index contributed by atoms with van der Waals surface area (Å²) in [6, 6.07) is 7.53. The molecule has 0 aliphatic carbocycles. The van der Waals surface area contributed by atoms with Crippen LogP contribution in [0.15, 0.2) is 39.7 Å². The highest BCUT2D eigenvalue weighted by Gasteiger charge is 2.21. The second-order valence-corrected chi connectivity index (χ2v) is 10.1. The Kier molecular flexibility index (Phi) is 6.16. The van der Waals surface area contributed by atoms with Crippen molar-refractivity contribution in [1.29, 1.82) is 0 Å². The summed E-state index contributed by atoms with van der Waals surface area (Å²) in [5.41, 5.74) is 0.457. The number of sulfonamides is 1. The first-order chi connectivity index (χ1) is 9.70. The molecule has 21 heavy (non-hydrogen) atoms. The average molecular weight is 708 g/mol. The van der Waals surface area contributed by atoms with Crippen molar-refractivity contribution in [2.75, 3.05) is 4.72 Å². The molecular formula is C12H6BrFI3NO2S. The maximum absolute atomic E-state index is 13.9. The molecule has 0 aromatic heterocycles. The summed E-state index contributed by atoms with van der Waals surface area (Å²) in [5.74, 6) is -0.799. The second-order valence-electron chi connectivity index (χ2n) is 3.92. The average Bonchev–Trinajstić information content (AvgIpc) is 2.33. The molecule has 3 nitrogen and oxygen atoms in total. The molecule has 0 saturated heterocycles. The molecular weight excluding hydrogens is 702 g/mol. The molecule has 0 aliphatic rings. The third kappa shape index (κ3) is 4.41. The van der Waals surface area contributed by atoms with E-state index in [0.717, 1.165) is 16.8 Å². The van der Waals surface area contributed by atoms with E-state index >= 15 is 0 Å². The second kappa shape index (κ2) is 7.13. The van der Waals surface area contributed by atoms with Crippen molar-refractivity contribution in [2.24, 2.45) is 0 Å². The summed E-state index contributed by atoms with van der Waals surface area (Å²) in [6.45, 7) is 0. The van der Waals surface area contributed by atoms with Gasteiger partial charge in [-0.1, -0.05) is 15.9 Å². The fourth-order valence-corrected chi connectivity index (χ4v) is 7.24. The first kappa shape index (κ1) is 18.1. The molecule has 0 saturated carbocycles. The molecule has 0 radical (unpaired) electrons. The first-order valence-corrected chi connectivity index (χ1v) is 10.8. The van der Waals surface area contributed by atoms with E-state index in [4.69, 9.17) is 0 Å². The lowest BCUT2D eigenvalue weighted by molar-refractivity contribution is 0.570. The van der Waals surface area contributed by atoms with Crippen LogP contribution >= 0.6 is 83.7 Å². The molecule has 2 aromatic rings. The number of hydrogen-bond donors (Lipinski definition) is 1. The van der Waals surface area contributed by atoms with Gasteiger partial charge in [-0.05, 0) is 98.1 Å². The van der Waals surface area contributed by atoms with Gasteiger partial charge in [0.2, 0.25) is 0 Å². The Labute approximate surface area is 171 Å². The predicted octanol–water partition coefficient (Wildman–Crippen LogP) is 5.20. The molecule has 1 N–H and O–H groups in total. The van der Waals surface area contributed by atoms with Gasteiger partial charge in [-0.3, -0.25) is 4.72 Å². The van der Waals surface area contributed by atoms with Crippen molar-refractivity contribution >= 4 is 99.4 Å². The van der Waals surface area contributed by atoms with Gasteiger partial charge in [0.25, 0.3) is 10.0 Å². The molecule has 0 heterocycles. The van der Waals surface area contributed by atoms with Gasteiger partial charge in [0, 0.05) is 15.2 Å². The fourth-order valence-electron chi connectivity index (χ4n) is 1.52. The number of nitrogens with one attached hydrogen (secondary N) is 1. The van der Waals surface area contributed by atoms with Crippen molar-refractivity contribution in [3.05, 3.63) is 51.3 Å². The van der Waals surface area contributed by atoms with Crippen molar-refractivity contribution < 1.29 is 12.8 Å². The zero-order valence-corrected chi connectivity index (χ0v) is 18.9. The van der Waals surface area contributed by atoms with E-state index in [-0.39, 0.29) is 4.90 Å². The predicted molar refractivity (Wildman–Crippen MR) is 110 cm³/mol. The highest BCUT2D eigenvalue weighted by Crippen LogP contribution is 2.30. The summed E-state index contributed by atoms with van der Waals surface area (Å²) in [5, 5.41) is 0. The van der Waals surface area contributed by atoms with Gasteiger partial charge in [-0.2, -0.15) is 0 Å². The maximum Gasteiger partial charge on any atom is 0.264 e. The normalized spacial score (nSPS) is 11.5. The highest BCUT2D eigenvalue weighted by molar-refractivity contribution is 14.1. The van der Waals surface area contributed by atoms with E-state index in [1.807, 2.05) is 57.3 Å². The zero-order valence-electron chi connectivity index (χ0n) is 10.0. The van der Waals surface area contributed by atoms with Crippen molar-refractivity contribution in [1.82, 2.24) is 0 Å². The van der Waals surface area contributed by atoms with Crippen LogP contribution in [0.4, 0.5) is 10.1 Å². The molecule has 112 valence electrons. The van der Waals surface area contributed by atoms with E-state index in [1.54, 1.807) is 0 Å². The van der Waals surface area contributed by atoms with Gasteiger partial charge < -0.3 is 0 Å². The summed E-state index contributed by atoms with van der Waals surface area (Å²) >= 11 is 9.35. The lowest BCUT2D eigenvalue weighted by atomic mass is 10.3. The van der Waals surface area contributed by atoms with Crippen LogP contribution in [0.25, 0.3) is 0 Å². The van der Waals surface area contributed by atoms with Gasteiger partial charge in [-0.25, -0.2) is 12.8 Å². The fraction of sp³-hybridized carbons (Fsp3) is 0. The van der Waals surface area contributed by atoms with Crippen molar-refractivity contribution in [2.45, 2.75) is 4.90 Å². The zero-order chi connectivity index (χ0) is 15.8. The SMILES string of the molecule is O=S(=O)(Nc1c(I)cc(I)cc1I)c1ccc(Br)cc1F. The van der Waals surface area contributed by atoms with Gasteiger partial charge in [-0.15, -0.1) is 0 Å². The largest absolute Gasteiger partial charge is 0.277 e. The first-order valence-electron chi connectivity index (χ1n) is 5.33. The minimum absolute atomic E-state index is 0.379. The molecule has 0 atom stereocenters. The Morgan fingerprint density at radius 2 is 1.62 bits per heavy atom. The molecule has 2 aromatic carbocycles. The Bertz CT molecular complexity index is 791. The molecule has 0 fully saturated rings. The van der Waals surface area contributed by atoms with Crippen molar-refractivity contribution in [3.63, 3.8) is 0 Å². The Hall–Kier alpha value is 0.790. The minimum atomic E-state index is -3.98. The number of anilines is 1. The van der Waals surface area contributed by atoms with Crippen LogP contribution in [-0.4, -0.2) is 8.42 Å². The third-order valence-electron chi connectivity index (χ3n) is 2.43. The molecule has 0 aliphatic heterocycles. The van der Waals surface area contributed by atoms with Crippen LogP contribution < -0.4 is 4.72 Å². The van der Waals surface area contributed by atoms with E-state index in [2.05, 4.69) is 43.2 Å². The maximum atomic E-state index is 13.9. The van der Waals surface area contributed by atoms with Crippen LogP contribution in [0.2, 0.25) is 0 Å². The molecule has 0 bridgehead atoms. The molecule has 2 rings (SSSR count). The topological polar surface area (TPSA) is 46.2 Å². The van der Waals surface area contributed by atoms with E-state index in [9.17, 15) is 12.8 Å². The Morgan fingerprint density at radius 3 is 2.14 bits per heavy atom. The number of rotatable bonds is 3. The minimum Gasteiger partial charge on any atom is -0.277 e. The molecule has 9 heteroatoms. The van der Waals surface area contributed by atoms with Gasteiger partial charge in [0.1, 0.15) is 10.7 Å². The van der Waals surface area contributed by atoms with Crippen molar-refractivity contribution in [3.8, 4) is 0 Å². The van der Waals surface area contributed by atoms with E-state index in [1.165, 1.54) is 12.1 Å².